The Labute approximate surface area is 63.9 Å². The van der Waals surface area contributed by atoms with E-state index in [1.165, 1.54) is 0 Å². The van der Waals surface area contributed by atoms with Crippen molar-refractivity contribution in [2.24, 2.45) is 16.8 Å². The van der Waals surface area contributed by atoms with E-state index in [1.54, 1.807) is 0 Å². The molecule has 0 aliphatic heterocycles. The van der Waals surface area contributed by atoms with E-state index in [2.05, 4.69) is 16.6 Å². The molecule has 0 aromatic rings. The number of nitriles is 1. The normalized spacial score (nSPS) is 21.4. The van der Waals surface area contributed by atoms with E-state index in [0.29, 0.717) is 12.8 Å². The van der Waals surface area contributed by atoms with E-state index in [1.807, 2.05) is 0 Å². The SMILES string of the molecule is N#CC1CC(=NNC(N)=O)C1. The fraction of sp³-hybridized carbons (Fsp3) is 0.500. The van der Waals surface area contributed by atoms with Gasteiger partial charge in [-0.1, -0.05) is 0 Å². The molecule has 1 aliphatic rings. The summed E-state index contributed by atoms with van der Waals surface area (Å²) in [4.78, 5) is 10.1. The monoisotopic (exact) mass is 152 g/mol. The van der Waals surface area contributed by atoms with Gasteiger partial charge in [0.1, 0.15) is 0 Å². The molecule has 0 radical (unpaired) electrons. The number of rotatable bonds is 1. The molecule has 0 saturated heterocycles. The standard InChI is InChI=1S/C6H8N4O/c7-3-4-1-5(2-4)9-10-6(8)11/h4H,1-2H2,(H3,8,10,11). The summed E-state index contributed by atoms with van der Waals surface area (Å²) in [6.45, 7) is 0. The molecule has 0 spiro atoms. The van der Waals surface area contributed by atoms with Gasteiger partial charge in [-0.05, 0) is 0 Å². The van der Waals surface area contributed by atoms with E-state index < -0.39 is 6.03 Å². The second-order valence-electron chi connectivity index (χ2n) is 2.39. The van der Waals surface area contributed by atoms with Crippen LogP contribution in [0.2, 0.25) is 0 Å². The first kappa shape index (κ1) is 7.54. The summed E-state index contributed by atoms with van der Waals surface area (Å²) in [5, 5.41) is 12.0. The van der Waals surface area contributed by atoms with Crippen LogP contribution < -0.4 is 11.2 Å². The smallest absolute Gasteiger partial charge is 0.332 e. The Morgan fingerprint density at radius 1 is 1.82 bits per heavy atom. The zero-order valence-electron chi connectivity index (χ0n) is 5.87. The van der Waals surface area contributed by atoms with Gasteiger partial charge < -0.3 is 5.73 Å². The lowest BCUT2D eigenvalue weighted by atomic mass is 9.85. The topological polar surface area (TPSA) is 91.3 Å². The summed E-state index contributed by atoms with van der Waals surface area (Å²) < 4.78 is 0. The Bertz CT molecular complexity index is 231. The molecule has 1 rings (SSSR count). The largest absolute Gasteiger partial charge is 0.350 e. The lowest BCUT2D eigenvalue weighted by molar-refractivity contribution is 0.249. The maximum atomic E-state index is 10.1. The number of carbonyl (C=O) groups excluding carboxylic acids is 1. The van der Waals surface area contributed by atoms with Crippen molar-refractivity contribution in [3.8, 4) is 6.07 Å². The van der Waals surface area contributed by atoms with Crippen molar-refractivity contribution in [1.82, 2.24) is 5.43 Å². The van der Waals surface area contributed by atoms with Gasteiger partial charge >= 0.3 is 6.03 Å². The van der Waals surface area contributed by atoms with Crippen LogP contribution in [0.5, 0.6) is 0 Å². The van der Waals surface area contributed by atoms with Gasteiger partial charge in [-0.2, -0.15) is 10.4 Å². The molecule has 0 atom stereocenters. The van der Waals surface area contributed by atoms with Crippen LogP contribution in [0.3, 0.4) is 0 Å². The number of nitrogens with one attached hydrogen (secondary N) is 1. The lowest BCUT2D eigenvalue weighted by Gasteiger charge is -2.20. The summed E-state index contributed by atoms with van der Waals surface area (Å²) in [6.07, 6.45) is 1.30. The molecule has 1 aliphatic carbocycles. The van der Waals surface area contributed by atoms with Crippen molar-refractivity contribution < 1.29 is 4.79 Å². The molecule has 0 aromatic heterocycles. The van der Waals surface area contributed by atoms with Crippen LogP contribution >= 0.6 is 0 Å². The molecular formula is C6H8N4O. The highest BCUT2D eigenvalue weighted by Gasteiger charge is 2.24. The predicted molar refractivity (Wildman–Crippen MR) is 38.5 cm³/mol. The van der Waals surface area contributed by atoms with Crippen molar-refractivity contribution in [2.75, 3.05) is 0 Å². The average Bonchev–Trinajstić information content (AvgIpc) is 1.84. The minimum Gasteiger partial charge on any atom is -0.350 e. The quantitative estimate of drug-likeness (QED) is 0.515. The zero-order chi connectivity index (χ0) is 8.27. The molecule has 0 bridgehead atoms. The van der Waals surface area contributed by atoms with Crippen LogP contribution in [0.25, 0.3) is 0 Å². The molecule has 11 heavy (non-hydrogen) atoms. The van der Waals surface area contributed by atoms with Crippen molar-refractivity contribution in [3.63, 3.8) is 0 Å². The van der Waals surface area contributed by atoms with Gasteiger partial charge in [0, 0.05) is 18.6 Å². The second kappa shape index (κ2) is 3.01. The van der Waals surface area contributed by atoms with Crippen LogP contribution in [-0.2, 0) is 0 Å². The highest BCUT2D eigenvalue weighted by atomic mass is 16.2. The minimum atomic E-state index is -0.669. The molecule has 0 heterocycles. The van der Waals surface area contributed by atoms with E-state index >= 15 is 0 Å². The Morgan fingerprint density at radius 2 is 2.45 bits per heavy atom. The third-order valence-corrected chi connectivity index (χ3v) is 1.47. The van der Waals surface area contributed by atoms with E-state index in [9.17, 15) is 4.79 Å². The maximum absolute atomic E-state index is 10.1. The Kier molecular flexibility index (Phi) is 2.06. The molecule has 0 unspecified atom stereocenters. The highest BCUT2D eigenvalue weighted by molar-refractivity contribution is 5.91. The fourth-order valence-corrected chi connectivity index (χ4v) is 0.826. The lowest BCUT2D eigenvalue weighted by Crippen LogP contribution is -2.30. The number of urea groups is 1. The highest BCUT2D eigenvalue weighted by Crippen LogP contribution is 2.22. The van der Waals surface area contributed by atoms with E-state index in [-0.39, 0.29) is 5.92 Å². The first-order valence-electron chi connectivity index (χ1n) is 3.23. The summed E-state index contributed by atoms with van der Waals surface area (Å²) >= 11 is 0. The number of hydrogen-bond donors (Lipinski definition) is 2. The summed E-state index contributed by atoms with van der Waals surface area (Å²) in [5.41, 5.74) is 7.70. The Morgan fingerprint density at radius 3 is 2.91 bits per heavy atom. The number of carbonyl (C=O) groups is 1. The molecular weight excluding hydrogens is 144 g/mol. The molecule has 1 saturated carbocycles. The van der Waals surface area contributed by atoms with E-state index in [0.717, 1.165) is 5.71 Å². The Hall–Kier alpha value is -1.57. The molecule has 58 valence electrons. The number of nitrogens with zero attached hydrogens (tertiary/aromatic N) is 2. The predicted octanol–water partition coefficient (Wildman–Crippen LogP) is -0.0557. The van der Waals surface area contributed by atoms with Crippen molar-refractivity contribution in [1.29, 1.82) is 5.26 Å². The first-order chi connectivity index (χ1) is 5.22. The molecule has 5 heteroatoms. The van der Waals surface area contributed by atoms with E-state index in [4.69, 9.17) is 11.0 Å². The first-order valence-corrected chi connectivity index (χ1v) is 3.23. The molecule has 0 aromatic carbocycles. The second-order valence-corrected chi connectivity index (χ2v) is 2.39. The fourth-order valence-electron chi connectivity index (χ4n) is 0.826. The number of hydrogen-bond acceptors (Lipinski definition) is 3. The van der Waals surface area contributed by atoms with Gasteiger partial charge in [-0.15, -0.1) is 0 Å². The van der Waals surface area contributed by atoms with Crippen LogP contribution in [0.4, 0.5) is 4.79 Å². The van der Waals surface area contributed by atoms with Gasteiger partial charge in [-0.25, -0.2) is 10.2 Å². The zero-order valence-corrected chi connectivity index (χ0v) is 5.87. The summed E-state index contributed by atoms with van der Waals surface area (Å²) in [6, 6.07) is 1.43. The number of amides is 2. The van der Waals surface area contributed by atoms with Crippen LogP contribution in [0.1, 0.15) is 12.8 Å². The third kappa shape index (κ3) is 1.93. The van der Waals surface area contributed by atoms with Crippen molar-refractivity contribution in [3.05, 3.63) is 0 Å². The minimum absolute atomic E-state index is 0.0726. The molecule has 5 nitrogen and oxygen atoms in total. The Balaban J connectivity index is 2.27. The van der Waals surface area contributed by atoms with Crippen molar-refractivity contribution >= 4 is 11.7 Å². The van der Waals surface area contributed by atoms with Gasteiger partial charge in [0.05, 0.1) is 12.0 Å². The van der Waals surface area contributed by atoms with Gasteiger partial charge in [0.25, 0.3) is 0 Å². The number of hydrazone groups is 1. The maximum Gasteiger partial charge on any atom is 0.332 e. The van der Waals surface area contributed by atoms with Crippen LogP contribution in [-0.4, -0.2) is 11.7 Å². The molecule has 2 amide bonds. The number of nitrogens with two attached hydrogens (primary N) is 1. The van der Waals surface area contributed by atoms with Gasteiger partial charge in [-0.3, -0.25) is 0 Å². The van der Waals surface area contributed by atoms with Crippen LogP contribution in [0, 0.1) is 17.2 Å². The third-order valence-electron chi connectivity index (χ3n) is 1.47. The van der Waals surface area contributed by atoms with Gasteiger partial charge in [0.2, 0.25) is 0 Å². The molecule has 1 fully saturated rings. The van der Waals surface area contributed by atoms with Crippen LogP contribution in [0.15, 0.2) is 5.10 Å². The summed E-state index contributed by atoms with van der Waals surface area (Å²) in [5.74, 6) is 0.0726. The van der Waals surface area contributed by atoms with Gasteiger partial charge in [0.15, 0.2) is 0 Å². The average molecular weight is 152 g/mol. The van der Waals surface area contributed by atoms with Crippen molar-refractivity contribution in [2.45, 2.75) is 12.8 Å². The number of primary amides is 1. The molecule has 3 N–H and O–H groups in total. The summed E-state index contributed by atoms with van der Waals surface area (Å²) in [7, 11) is 0.